The van der Waals surface area contributed by atoms with Crippen LogP contribution in [0, 0.1) is 5.41 Å². The van der Waals surface area contributed by atoms with Crippen molar-refractivity contribution in [2.45, 2.75) is 38.6 Å². The average molecular weight is 233 g/mol. The van der Waals surface area contributed by atoms with Crippen LogP contribution in [0.15, 0.2) is 12.4 Å². The molecule has 1 aromatic heterocycles. The molecule has 1 aromatic rings. The van der Waals surface area contributed by atoms with Crippen molar-refractivity contribution in [3.63, 3.8) is 0 Å². The van der Waals surface area contributed by atoms with Gasteiger partial charge in [-0.1, -0.05) is 6.42 Å². The van der Waals surface area contributed by atoms with Crippen molar-refractivity contribution in [3.05, 3.63) is 18.0 Å². The van der Waals surface area contributed by atoms with Crippen LogP contribution in [-0.2, 0) is 7.05 Å². The van der Waals surface area contributed by atoms with E-state index in [0.29, 0.717) is 11.5 Å². The number of hydrogen-bond donors (Lipinski definition) is 0. The second-order valence-corrected chi connectivity index (χ2v) is 5.74. The van der Waals surface area contributed by atoms with Crippen molar-refractivity contribution in [1.29, 1.82) is 0 Å². The van der Waals surface area contributed by atoms with Gasteiger partial charge >= 0.3 is 0 Å². The van der Waals surface area contributed by atoms with Crippen LogP contribution < -0.4 is 0 Å². The molecule has 3 rings (SSSR count). The van der Waals surface area contributed by atoms with Crippen molar-refractivity contribution >= 4 is 5.91 Å². The number of rotatable bonds is 1. The summed E-state index contributed by atoms with van der Waals surface area (Å²) in [6, 6.07) is 0.378. The molecule has 2 aliphatic rings. The molecular formula is C13H19N3O. The molecular weight excluding hydrogens is 214 g/mol. The fraction of sp³-hybridized carbons (Fsp3) is 0.692. The highest BCUT2D eigenvalue weighted by Gasteiger charge is 2.47. The van der Waals surface area contributed by atoms with Crippen LogP contribution in [0.1, 0.15) is 43.0 Å². The predicted molar refractivity (Wildman–Crippen MR) is 64.6 cm³/mol. The number of carbonyl (C=O) groups is 1. The molecule has 1 saturated heterocycles. The Balaban J connectivity index is 1.78. The van der Waals surface area contributed by atoms with Gasteiger partial charge in [-0.15, -0.1) is 0 Å². The molecule has 92 valence electrons. The lowest BCUT2D eigenvalue weighted by Gasteiger charge is -2.37. The van der Waals surface area contributed by atoms with Crippen molar-refractivity contribution < 1.29 is 4.79 Å². The highest BCUT2D eigenvalue weighted by atomic mass is 16.2. The van der Waals surface area contributed by atoms with Gasteiger partial charge in [0.15, 0.2) is 0 Å². The van der Waals surface area contributed by atoms with Crippen molar-refractivity contribution in [1.82, 2.24) is 14.7 Å². The van der Waals surface area contributed by atoms with Gasteiger partial charge in [0, 0.05) is 25.8 Å². The molecule has 1 saturated carbocycles. The molecule has 1 amide bonds. The quantitative estimate of drug-likeness (QED) is 0.742. The standard InChI is InChI=1S/C13H19N3O/c1-10-6-13(4-3-5-13)9-16(10)12(17)11-7-14-15(2)8-11/h7-8,10H,3-6,9H2,1-2H3/t10-/m1/s1. The number of hydrogen-bond acceptors (Lipinski definition) is 2. The zero-order valence-corrected chi connectivity index (χ0v) is 10.5. The summed E-state index contributed by atoms with van der Waals surface area (Å²) in [4.78, 5) is 14.4. The second kappa shape index (κ2) is 3.59. The Hall–Kier alpha value is -1.32. The molecule has 17 heavy (non-hydrogen) atoms. The molecule has 0 bridgehead atoms. The van der Waals surface area contributed by atoms with Gasteiger partial charge in [-0.25, -0.2) is 0 Å². The van der Waals surface area contributed by atoms with E-state index in [-0.39, 0.29) is 5.91 Å². The smallest absolute Gasteiger partial charge is 0.257 e. The number of carbonyl (C=O) groups excluding carboxylic acids is 1. The SMILES string of the molecule is C[C@@H]1CC2(CCC2)CN1C(=O)c1cnn(C)c1. The van der Waals surface area contributed by atoms with Crippen molar-refractivity contribution in [3.8, 4) is 0 Å². The summed E-state index contributed by atoms with van der Waals surface area (Å²) < 4.78 is 1.69. The Morgan fingerprint density at radius 3 is 2.76 bits per heavy atom. The van der Waals surface area contributed by atoms with E-state index in [1.54, 1.807) is 17.1 Å². The summed E-state index contributed by atoms with van der Waals surface area (Å²) in [5, 5.41) is 4.07. The third kappa shape index (κ3) is 1.66. The Bertz CT molecular complexity index is 447. The minimum absolute atomic E-state index is 0.148. The van der Waals surface area contributed by atoms with E-state index in [1.165, 1.54) is 25.7 Å². The molecule has 2 fully saturated rings. The molecule has 1 aliphatic carbocycles. The van der Waals surface area contributed by atoms with Crippen LogP contribution >= 0.6 is 0 Å². The summed E-state index contributed by atoms with van der Waals surface area (Å²) in [5.41, 5.74) is 1.17. The first-order chi connectivity index (χ1) is 8.10. The number of likely N-dealkylation sites (tertiary alicyclic amines) is 1. The molecule has 0 N–H and O–H groups in total. The van der Waals surface area contributed by atoms with Crippen LogP contribution in [0.3, 0.4) is 0 Å². The molecule has 1 spiro atoms. The Morgan fingerprint density at radius 2 is 2.29 bits per heavy atom. The molecule has 0 aromatic carbocycles. The molecule has 1 aliphatic heterocycles. The summed E-state index contributed by atoms with van der Waals surface area (Å²) in [7, 11) is 1.84. The topological polar surface area (TPSA) is 38.1 Å². The van der Waals surface area contributed by atoms with E-state index in [9.17, 15) is 4.79 Å². The maximum Gasteiger partial charge on any atom is 0.257 e. The summed E-state index contributed by atoms with van der Waals surface area (Å²) in [5.74, 6) is 0.148. The van der Waals surface area contributed by atoms with Crippen molar-refractivity contribution in [2.24, 2.45) is 12.5 Å². The summed E-state index contributed by atoms with van der Waals surface area (Å²) >= 11 is 0. The van der Waals surface area contributed by atoms with Crippen LogP contribution in [0.2, 0.25) is 0 Å². The Labute approximate surface area is 102 Å². The van der Waals surface area contributed by atoms with E-state index in [4.69, 9.17) is 0 Å². The van der Waals surface area contributed by atoms with Crippen LogP contribution in [0.5, 0.6) is 0 Å². The minimum Gasteiger partial charge on any atom is -0.335 e. The summed E-state index contributed by atoms with van der Waals surface area (Å²) in [6.45, 7) is 3.11. The average Bonchev–Trinajstić information content (AvgIpc) is 2.81. The van der Waals surface area contributed by atoms with E-state index < -0.39 is 0 Å². The highest BCUT2D eigenvalue weighted by molar-refractivity contribution is 5.94. The van der Waals surface area contributed by atoms with Gasteiger partial charge in [-0.3, -0.25) is 9.48 Å². The molecule has 4 nitrogen and oxygen atoms in total. The van der Waals surface area contributed by atoms with Gasteiger partial charge in [-0.2, -0.15) is 5.10 Å². The predicted octanol–water partition coefficient (Wildman–Crippen LogP) is 1.82. The first-order valence-corrected chi connectivity index (χ1v) is 6.39. The molecule has 1 atom stereocenters. The second-order valence-electron chi connectivity index (χ2n) is 5.74. The van der Waals surface area contributed by atoms with Gasteiger partial charge in [0.2, 0.25) is 0 Å². The Morgan fingerprint density at radius 1 is 1.53 bits per heavy atom. The van der Waals surface area contributed by atoms with E-state index in [1.807, 2.05) is 11.9 Å². The molecule has 0 unspecified atom stereocenters. The molecule has 2 heterocycles. The van der Waals surface area contributed by atoms with Crippen LogP contribution in [0.25, 0.3) is 0 Å². The van der Waals surface area contributed by atoms with Gasteiger partial charge in [-0.05, 0) is 31.6 Å². The van der Waals surface area contributed by atoms with E-state index >= 15 is 0 Å². The highest BCUT2D eigenvalue weighted by Crippen LogP contribution is 2.50. The fourth-order valence-corrected chi connectivity index (χ4v) is 3.33. The largest absolute Gasteiger partial charge is 0.335 e. The first kappa shape index (κ1) is 10.8. The summed E-state index contributed by atoms with van der Waals surface area (Å²) in [6.07, 6.45) is 8.59. The van der Waals surface area contributed by atoms with Gasteiger partial charge in [0.05, 0.1) is 11.8 Å². The lowest BCUT2D eigenvalue weighted by atomic mass is 9.68. The zero-order chi connectivity index (χ0) is 12.0. The third-order valence-corrected chi connectivity index (χ3v) is 4.39. The minimum atomic E-state index is 0.148. The number of amides is 1. The monoisotopic (exact) mass is 233 g/mol. The van der Waals surface area contributed by atoms with Gasteiger partial charge < -0.3 is 4.90 Å². The van der Waals surface area contributed by atoms with Crippen LogP contribution in [-0.4, -0.2) is 33.2 Å². The fourth-order valence-electron chi connectivity index (χ4n) is 3.33. The van der Waals surface area contributed by atoms with Crippen molar-refractivity contribution in [2.75, 3.05) is 6.54 Å². The lowest BCUT2D eigenvalue weighted by molar-refractivity contribution is 0.0701. The first-order valence-electron chi connectivity index (χ1n) is 6.39. The Kier molecular flexibility index (Phi) is 2.28. The maximum atomic E-state index is 12.4. The lowest BCUT2D eigenvalue weighted by Crippen LogP contribution is -2.37. The number of nitrogens with zero attached hydrogens (tertiary/aromatic N) is 3. The van der Waals surface area contributed by atoms with Gasteiger partial charge in [0.1, 0.15) is 0 Å². The molecule has 0 radical (unpaired) electrons. The van der Waals surface area contributed by atoms with E-state index in [0.717, 1.165) is 12.1 Å². The third-order valence-electron chi connectivity index (χ3n) is 4.39. The normalized spacial score (nSPS) is 26.2. The van der Waals surface area contributed by atoms with E-state index in [2.05, 4.69) is 12.0 Å². The zero-order valence-electron chi connectivity index (χ0n) is 10.5. The maximum absolute atomic E-state index is 12.4. The van der Waals surface area contributed by atoms with Crippen LogP contribution in [0.4, 0.5) is 0 Å². The number of aryl methyl sites for hydroxylation is 1. The molecule has 4 heteroatoms. The van der Waals surface area contributed by atoms with Gasteiger partial charge in [0.25, 0.3) is 5.91 Å². The number of aromatic nitrogens is 2.